The lowest BCUT2D eigenvalue weighted by Gasteiger charge is -2.02. The van der Waals surface area contributed by atoms with Gasteiger partial charge in [-0.25, -0.2) is 4.98 Å². The van der Waals surface area contributed by atoms with Crippen LogP contribution in [0.5, 0.6) is 0 Å². The number of benzene rings is 1. The molecule has 4 nitrogen and oxygen atoms in total. The minimum absolute atomic E-state index is 0.285. The van der Waals surface area contributed by atoms with Gasteiger partial charge in [0.25, 0.3) is 0 Å². The summed E-state index contributed by atoms with van der Waals surface area (Å²) in [5, 5.41) is 19.7. The van der Waals surface area contributed by atoms with E-state index in [1.54, 1.807) is 11.8 Å². The Morgan fingerprint density at radius 3 is 2.86 bits per heavy atom. The lowest BCUT2D eigenvalue weighted by Crippen LogP contribution is -2.07. The Kier molecular flexibility index (Phi) is 6.14. The fraction of sp³-hybridized carbons (Fsp3) is 0.438. The zero-order chi connectivity index (χ0) is 15.1. The molecule has 0 fully saturated rings. The monoisotopic (exact) mass is 306 g/mol. The number of aliphatic hydroxyl groups is 2. The molecule has 0 bridgehead atoms. The van der Waals surface area contributed by atoms with E-state index < -0.39 is 0 Å². The molecule has 0 amide bonds. The highest BCUT2D eigenvalue weighted by Gasteiger charge is 2.00. The Morgan fingerprint density at radius 2 is 2.05 bits per heavy atom. The van der Waals surface area contributed by atoms with Gasteiger partial charge in [-0.05, 0) is 36.8 Å². The van der Waals surface area contributed by atoms with Gasteiger partial charge < -0.3 is 15.2 Å². The third-order valence-electron chi connectivity index (χ3n) is 3.30. The molecule has 2 aromatic rings. The van der Waals surface area contributed by atoms with Crippen molar-refractivity contribution in [3.63, 3.8) is 0 Å². The number of thioether (sulfide) groups is 1. The number of imidazole rings is 1. The van der Waals surface area contributed by atoms with Crippen molar-refractivity contribution in [2.24, 2.45) is 0 Å². The molecular formula is C16H22N2O2S. The first kappa shape index (κ1) is 15.9. The molecule has 0 saturated carbocycles. The van der Waals surface area contributed by atoms with E-state index in [2.05, 4.69) is 16.5 Å². The molecule has 3 N–H and O–H groups in total. The first-order valence-electron chi connectivity index (χ1n) is 7.26. The van der Waals surface area contributed by atoms with E-state index >= 15 is 0 Å². The third kappa shape index (κ3) is 4.79. The van der Waals surface area contributed by atoms with Gasteiger partial charge in [-0.1, -0.05) is 19.4 Å². The molecule has 114 valence electrons. The fourth-order valence-corrected chi connectivity index (χ4v) is 3.08. The maximum atomic E-state index is 10.1. The van der Waals surface area contributed by atoms with Crippen LogP contribution in [0.2, 0.25) is 0 Å². The summed E-state index contributed by atoms with van der Waals surface area (Å²) in [7, 11) is 0. The van der Waals surface area contributed by atoms with E-state index in [1.165, 1.54) is 0 Å². The second-order valence-electron chi connectivity index (χ2n) is 5.05. The van der Waals surface area contributed by atoms with Gasteiger partial charge in [0.05, 0.1) is 16.8 Å². The molecule has 0 radical (unpaired) electrons. The maximum Gasteiger partial charge on any atom is 0.123 e. The van der Waals surface area contributed by atoms with Crippen LogP contribution in [-0.2, 0) is 0 Å². The molecular weight excluding hydrogens is 284 g/mol. The number of nitrogens with one attached hydrogen (secondary N) is 1. The van der Waals surface area contributed by atoms with Crippen molar-refractivity contribution in [1.29, 1.82) is 0 Å². The first-order valence-corrected chi connectivity index (χ1v) is 8.41. The van der Waals surface area contributed by atoms with E-state index in [4.69, 9.17) is 5.11 Å². The molecule has 1 aromatic heterocycles. The van der Waals surface area contributed by atoms with Gasteiger partial charge in [0.2, 0.25) is 0 Å². The minimum atomic E-state index is 0.285. The zero-order valence-electron chi connectivity index (χ0n) is 12.1. The number of rotatable bonds is 8. The maximum absolute atomic E-state index is 10.1. The van der Waals surface area contributed by atoms with Crippen molar-refractivity contribution in [3.05, 3.63) is 28.9 Å². The third-order valence-corrected chi connectivity index (χ3v) is 4.35. The van der Waals surface area contributed by atoms with Crippen molar-refractivity contribution in [1.82, 2.24) is 9.97 Å². The standard InChI is InChI=1S/C16H22N2O2S/c1-12-17-14-7-6-13(10-15(14)18-12)16(20)11-21-9-5-3-2-4-8-19/h6-7,10,18-20H,1-5,8-9,11H2. The quantitative estimate of drug-likeness (QED) is 0.652. The van der Waals surface area contributed by atoms with Crippen LogP contribution in [0.15, 0.2) is 18.2 Å². The largest absolute Gasteiger partial charge is 0.511 e. The number of nitrogens with zero attached hydrogens (tertiary/aromatic N) is 1. The van der Waals surface area contributed by atoms with E-state index in [1.807, 2.05) is 18.2 Å². The summed E-state index contributed by atoms with van der Waals surface area (Å²) >= 11 is 1.74. The van der Waals surface area contributed by atoms with Crippen molar-refractivity contribution in [3.8, 4) is 0 Å². The molecule has 0 aliphatic carbocycles. The lowest BCUT2D eigenvalue weighted by atomic mass is 10.2. The zero-order valence-corrected chi connectivity index (χ0v) is 13.0. The van der Waals surface area contributed by atoms with E-state index in [0.717, 1.165) is 47.7 Å². The summed E-state index contributed by atoms with van der Waals surface area (Å²) in [6, 6.07) is 5.69. The summed E-state index contributed by atoms with van der Waals surface area (Å²) in [6.45, 7) is 4.05. The Morgan fingerprint density at radius 1 is 1.24 bits per heavy atom. The number of aromatic amines is 1. The number of hydrogen-bond donors (Lipinski definition) is 3. The van der Waals surface area contributed by atoms with E-state index in [9.17, 15) is 5.11 Å². The number of unbranched alkanes of at least 4 members (excludes halogenated alkanes) is 3. The van der Waals surface area contributed by atoms with Gasteiger partial charge in [0, 0.05) is 11.8 Å². The van der Waals surface area contributed by atoms with Crippen molar-refractivity contribution >= 4 is 35.1 Å². The summed E-state index contributed by atoms with van der Waals surface area (Å²) in [5.74, 6) is 2.05. The summed E-state index contributed by atoms with van der Waals surface area (Å²) in [5.41, 5.74) is 2.41. The molecule has 0 unspecified atom stereocenters. The molecule has 0 aliphatic rings. The summed E-state index contributed by atoms with van der Waals surface area (Å²) < 4.78 is 0. The Bertz CT molecular complexity index is 681. The molecule has 1 aromatic carbocycles. The highest BCUT2D eigenvalue weighted by atomic mass is 32.2. The van der Waals surface area contributed by atoms with Gasteiger partial charge >= 0.3 is 0 Å². The predicted octanol–water partition coefficient (Wildman–Crippen LogP) is 1.93. The van der Waals surface area contributed by atoms with Gasteiger partial charge in [-0.2, -0.15) is 11.8 Å². The minimum Gasteiger partial charge on any atom is -0.511 e. The van der Waals surface area contributed by atoms with Gasteiger partial charge in [-0.15, -0.1) is 0 Å². The number of fused-ring (bicyclic) bond motifs is 1. The average molecular weight is 306 g/mol. The Balaban J connectivity index is 1.87. The molecule has 5 heteroatoms. The van der Waals surface area contributed by atoms with Crippen LogP contribution in [0.3, 0.4) is 0 Å². The smallest absolute Gasteiger partial charge is 0.123 e. The van der Waals surface area contributed by atoms with Crippen molar-refractivity contribution in [2.75, 3.05) is 18.1 Å². The topological polar surface area (TPSA) is 69.1 Å². The Labute approximate surface area is 128 Å². The highest BCUT2D eigenvalue weighted by molar-refractivity contribution is 7.99. The first-order chi connectivity index (χ1) is 10.2. The molecule has 1 heterocycles. The SMILES string of the molecule is C=c1nc2ccc(=C(O)CSCCCCCCO)cc2[nH]1. The molecule has 0 spiro atoms. The molecule has 0 saturated heterocycles. The lowest BCUT2D eigenvalue weighted by molar-refractivity contribution is 0.283. The molecule has 21 heavy (non-hydrogen) atoms. The second kappa shape index (κ2) is 8.10. The van der Waals surface area contributed by atoms with E-state index in [-0.39, 0.29) is 6.61 Å². The van der Waals surface area contributed by atoms with Crippen LogP contribution in [0.25, 0.3) is 23.4 Å². The van der Waals surface area contributed by atoms with Gasteiger partial charge in [0.15, 0.2) is 0 Å². The normalized spacial score (nSPS) is 12.8. The second-order valence-corrected chi connectivity index (χ2v) is 6.16. The number of hydrogen-bond acceptors (Lipinski definition) is 4. The van der Waals surface area contributed by atoms with Crippen LogP contribution >= 0.6 is 11.8 Å². The predicted molar refractivity (Wildman–Crippen MR) is 89.8 cm³/mol. The highest BCUT2D eigenvalue weighted by Crippen LogP contribution is 2.11. The number of aliphatic hydroxyl groups excluding tert-OH is 2. The molecule has 0 atom stereocenters. The van der Waals surface area contributed by atoms with Crippen molar-refractivity contribution in [2.45, 2.75) is 25.7 Å². The van der Waals surface area contributed by atoms with Crippen molar-refractivity contribution < 1.29 is 10.2 Å². The summed E-state index contributed by atoms with van der Waals surface area (Å²) in [6.07, 6.45) is 4.24. The van der Waals surface area contributed by atoms with Crippen LogP contribution in [0.4, 0.5) is 0 Å². The van der Waals surface area contributed by atoms with Crippen LogP contribution < -0.4 is 10.7 Å². The average Bonchev–Trinajstić information content (AvgIpc) is 2.85. The molecule has 2 rings (SSSR count). The van der Waals surface area contributed by atoms with Crippen LogP contribution in [0.1, 0.15) is 25.7 Å². The molecule has 0 aliphatic heterocycles. The Hall–Kier alpha value is -1.46. The van der Waals surface area contributed by atoms with Crippen LogP contribution in [0, 0.1) is 0 Å². The van der Waals surface area contributed by atoms with Crippen LogP contribution in [-0.4, -0.2) is 38.3 Å². The summed E-state index contributed by atoms with van der Waals surface area (Å²) in [4.78, 5) is 7.32. The number of aromatic nitrogens is 2. The number of H-pyrrole nitrogens is 1. The van der Waals surface area contributed by atoms with Gasteiger partial charge in [-0.3, -0.25) is 0 Å². The van der Waals surface area contributed by atoms with Gasteiger partial charge in [0.1, 0.15) is 11.2 Å². The fourth-order valence-electron chi connectivity index (χ4n) is 2.16. The van der Waals surface area contributed by atoms with E-state index in [0.29, 0.717) is 17.0 Å².